The van der Waals surface area contributed by atoms with E-state index in [1.54, 1.807) is 0 Å². The molecule has 0 aliphatic heterocycles. The maximum Gasteiger partial charge on any atom is 0.126 e. The van der Waals surface area contributed by atoms with Gasteiger partial charge in [0, 0.05) is 17.8 Å². The second kappa shape index (κ2) is 6.61. The zero-order valence-electron chi connectivity index (χ0n) is 11.7. The SMILES string of the molecule is Cc1[nH]ncc1CCCNC(C)c1cc(F)cc(F)c1. The van der Waals surface area contributed by atoms with E-state index in [-0.39, 0.29) is 6.04 Å². The number of hydrogen-bond donors (Lipinski definition) is 2. The molecule has 20 heavy (non-hydrogen) atoms. The lowest BCUT2D eigenvalue weighted by atomic mass is 10.1. The minimum absolute atomic E-state index is 0.0781. The molecule has 0 bridgehead atoms. The third-order valence-electron chi connectivity index (χ3n) is 3.39. The van der Waals surface area contributed by atoms with Crippen LogP contribution in [-0.2, 0) is 6.42 Å². The van der Waals surface area contributed by atoms with E-state index in [1.807, 2.05) is 20.0 Å². The predicted molar refractivity (Wildman–Crippen MR) is 74.4 cm³/mol. The van der Waals surface area contributed by atoms with Crippen molar-refractivity contribution in [2.75, 3.05) is 6.54 Å². The van der Waals surface area contributed by atoms with Crippen LogP contribution in [0, 0.1) is 18.6 Å². The van der Waals surface area contributed by atoms with Gasteiger partial charge in [-0.3, -0.25) is 5.10 Å². The number of aromatic amines is 1. The highest BCUT2D eigenvalue weighted by Gasteiger charge is 2.08. The summed E-state index contributed by atoms with van der Waals surface area (Å²) in [6.07, 6.45) is 3.71. The summed E-state index contributed by atoms with van der Waals surface area (Å²) >= 11 is 0. The Kier molecular flexibility index (Phi) is 4.84. The quantitative estimate of drug-likeness (QED) is 0.797. The summed E-state index contributed by atoms with van der Waals surface area (Å²) in [6, 6.07) is 3.53. The van der Waals surface area contributed by atoms with Crippen molar-refractivity contribution in [3.8, 4) is 0 Å². The van der Waals surface area contributed by atoms with E-state index < -0.39 is 11.6 Å². The molecule has 108 valence electrons. The van der Waals surface area contributed by atoms with E-state index in [0.29, 0.717) is 5.56 Å². The second-order valence-corrected chi connectivity index (χ2v) is 5.00. The summed E-state index contributed by atoms with van der Waals surface area (Å²) in [4.78, 5) is 0. The molecule has 0 fully saturated rings. The molecule has 0 saturated carbocycles. The monoisotopic (exact) mass is 279 g/mol. The van der Waals surface area contributed by atoms with Gasteiger partial charge >= 0.3 is 0 Å². The number of nitrogens with zero attached hydrogens (tertiary/aromatic N) is 1. The highest BCUT2D eigenvalue weighted by atomic mass is 19.1. The van der Waals surface area contributed by atoms with Gasteiger partial charge in [0.05, 0.1) is 6.20 Å². The van der Waals surface area contributed by atoms with Crippen molar-refractivity contribution in [1.82, 2.24) is 15.5 Å². The third-order valence-corrected chi connectivity index (χ3v) is 3.39. The summed E-state index contributed by atoms with van der Waals surface area (Å²) in [5.74, 6) is -1.08. The van der Waals surface area contributed by atoms with Crippen molar-refractivity contribution >= 4 is 0 Å². The highest BCUT2D eigenvalue weighted by molar-refractivity contribution is 5.21. The molecule has 1 aromatic heterocycles. The summed E-state index contributed by atoms with van der Waals surface area (Å²) in [5.41, 5.74) is 2.92. The Morgan fingerprint density at radius 3 is 2.55 bits per heavy atom. The van der Waals surface area contributed by atoms with Crippen molar-refractivity contribution in [3.63, 3.8) is 0 Å². The summed E-state index contributed by atoms with van der Waals surface area (Å²) < 4.78 is 26.3. The molecule has 5 heteroatoms. The van der Waals surface area contributed by atoms with Crippen LogP contribution < -0.4 is 5.32 Å². The molecule has 0 amide bonds. The Labute approximate surface area is 117 Å². The zero-order valence-corrected chi connectivity index (χ0v) is 11.7. The average Bonchev–Trinajstić information content (AvgIpc) is 2.79. The normalized spacial score (nSPS) is 12.6. The van der Waals surface area contributed by atoms with E-state index in [0.717, 1.165) is 31.1 Å². The minimum Gasteiger partial charge on any atom is -0.310 e. The van der Waals surface area contributed by atoms with Gasteiger partial charge in [0.1, 0.15) is 11.6 Å². The maximum atomic E-state index is 13.1. The first-order chi connectivity index (χ1) is 9.56. The molecule has 0 radical (unpaired) electrons. The van der Waals surface area contributed by atoms with Gasteiger partial charge in [-0.1, -0.05) is 0 Å². The Bertz CT molecular complexity index is 546. The van der Waals surface area contributed by atoms with Crippen molar-refractivity contribution in [2.24, 2.45) is 0 Å². The van der Waals surface area contributed by atoms with Gasteiger partial charge in [-0.15, -0.1) is 0 Å². The van der Waals surface area contributed by atoms with Crippen molar-refractivity contribution in [2.45, 2.75) is 32.7 Å². The van der Waals surface area contributed by atoms with Crippen LogP contribution in [-0.4, -0.2) is 16.7 Å². The standard InChI is InChI=1S/C15H19F2N3/c1-10(13-6-14(16)8-15(17)7-13)18-5-3-4-12-9-19-20-11(12)2/h6-10,18H,3-5H2,1-2H3,(H,19,20). The first kappa shape index (κ1) is 14.7. The second-order valence-electron chi connectivity index (χ2n) is 5.00. The number of nitrogens with one attached hydrogen (secondary N) is 2. The largest absolute Gasteiger partial charge is 0.310 e. The van der Waals surface area contributed by atoms with E-state index >= 15 is 0 Å². The summed E-state index contributed by atoms with van der Waals surface area (Å²) in [5, 5.41) is 10.1. The molecule has 1 heterocycles. The van der Waals surface area contributed by atoms with Crippen molar-refractivity contribution in [3.05, 3.63) is 52.9 Å². The molecule has 3 nitrogen and oxygen atoms in total. The van der Waals surface area contributed by atoms with Gasteiger partial charge in [-0.05, 0) is 56.5 Å². The third kappa shape index (κ3) is 3.87. The maximum absolute atomic E-state index is 13.1. The average molecular weight is 279 g/mol. The summed E-state index contributed by atoms with van der Waals surface area (Å²) in [7, 11) is 0. The molecular formula is C15H19F2N3. The number of H-pyrrole nitrogens is 1. The first-order valence-corrected chi connectivity index (χ1v) is 6.74. The van der Waals surface area contributed by atoms with Gasteiger partial charge in [-0.2, -0.15) is 5.10 Å². The molecule has 2 rings (SSSR count). The molecule has 1 aromatic carbocycles. The number of aryl methyl sites for hydroxylation is 2. The fourth-order valence-electron chi connectivity index (χ4n) is 2.17. The predicted octanol–water partition coefficient (Wildman–Crippen LogP) is 3.28. The van der Waals surface area contributed by atoms with Crippen molar-refractivity contribution < 1.29 is 8.78 Å². The van der Waals surface area contributed by atoms with E-state index in [9.17, 15) is 8.78 Å². The highest BCUT2D eigenvalue weighted by Crippen LogP contribution is 2.16. The Morgan fingerprint density at radius 1 is 1.25 bits per heavy atom. The van der Waals surface area contributed by atoms with Gasteiger partial charge in [0.25, 0.3) is 0 Å². The summed E-state index contributed by atoms with van der Waals surface area (Å²) in [6.45, 7) is 4.68. The fraction of sp³-hybridized carbons (Fsp3) is 0.400. The van der Waals surface area contributed by atoms with Crippen LogP contribution >= 0.6 is 0 Å². The Hall–Kier alpha value is -1.75. The fourth-order valence-corrected chi connectivity index (χ4v) is 2.17. The Morgan fingerprint density at radius 2 is 1.95 bits per heavy atom. The van der Waals surface area contributed by atoms with Crippen LogP contribution in [0.5, 0.6) is 0 Å². The lowest BCUT2D eigenvalue weighted by Gasteiger charge is -2.14. The number of aromatic nitrogens is 2. The van der Waals surface area contributed by atoms with Crippen LogP contribution in [0.2, 0.25) is 0 Å². The van der Waals surface area contributed by atoms with Gasteiger partial charge in [0.2, 0.25) is 0 Å². The van der Waals surface area contributed by atoms with Gasteiger partial charge < -0.3 is 5.32 Å². The van der Waals surface area contributed by atoms with E-state index in [2.05, 4.69) is 15.5 Å². The minimum atomic E-state index is -0.539. The van der Waals surface area contributed by atoms with Crippen LogP contribution in [0.4, 0.5) is 8.78 Å². The van der Waals surface area contributed by atoms with Crippen LogP contribution in [0.15, 0.2) is 24.4 Å². The van der Waals surface area contributed by atoms with Crippen LogP contribution in [0.25, 0.3) is 0 Å². The van der Waals surface area contributed by atoms with E-state index in [1.165, 1.54) is 17.7 Å². The molecule has 2 aromatic rings. The van der Waals surface area contributed by atoms with Crippen LogP contribution in [0.1, 0.15) is 36.2 Å². The first-order valence-electron chi connectivity index (χ1n) is 6.74. The Balaban J connectivity index is 1.80. The lowest BCUT2D eigenvalue weighted by molar-refractivity contribution is 0.537. The molecule has 1 unspecified atom stereocenters. The molecule has 2 N–H and O–H groups in total. The number of hydrogen-bond acceptors (Lipinski definition) is 2. The molecule has 0 aliphatic carbocycles. The molecule has 1 atom stereocenters. The molecular weight excluding hydrogens is 260 g/mol. The smallest absolute Gasteiger partial charge is 0.126 e. The number of rotatable bonds is 6. The van der Waals surface area contributed by atoms with Gasteiger partial charge in [-0.25, -0.2) is 8.78 Å². The molecule has 0 saturated heterocycles. The van der Waals surface area contributed by atoms with E-state index in [4.69, 9.17) is 0 Å². The topological polar surface area (TPSA) is 40.7 Å². The van der Waals surface area contributed by atoms with Gasteiger partial charge in [0.15, 0.2) is 0 Å². The molecule has 0 spiro atoms. The van der Waals surface area contributed by atoms with Crippen molar-refractivity contribution in [1.29, 1.82) is 0 Å². The number of benzene rings is 1. The zero-order chi connectivity index (χ0) is 14.5. The van der Waals surface area contributed by atoms with Crippen LogP contribution in [0.3, 0.4) is 0 Å². The lowest BCUT2D eigenvalue weighted by Crippen LogP contribution is -2.20. The number of halogens is 2. The molecule has 0 aliphatic rings.